The zero-order chi connectivity index (χ0) is 15.8. The van der Waals surface area contributed by atoms with E-state index in [0.29, 0.717) is 31.4 Å². The van der Waals surface area contributed by atoms with Gasteiger partial charge in [-0.05, 0) is 24.3 Å². The van der Waals surface area contributed by atoms with Crippen molar-refractivity contribution in [2.75, 3.05) is 20.1 Å². The lowest BCUT2D eigenvalue weighted by Crippen LogP contribution is -2.38. The Morgan fingerprint density at radius 3 is 2.74 bits per heavy atom. The number of aromatic nitrogens is 1. The average Bonchev–Trinajstić information content (AvgIpc) is 3.00. The third-order valence-electron chi connectivity index (χ3n) is 2.95. The summed E-state index contributed by atoms with van der Waals surface area (Å²) in [4.78, 5) is 8.47. The van der Waals surface area contributed by atoms with Gasteiger partial charge in [0, 0.05) is 32.1 Å². The van der Waals surface area contributed by atoms with E-state index in [-0.39, 0.29) is 29.8 Å². The molecule has 2 rings (SSSR count). The molecule has 0 bridgehead atoms. The van der Waals surface area contributed by atoms with Gasteiger partial charge in [-0.1, -0.05) is 6.08 Å². The van der Waals surface area contributed by atoms with Crippen LogP contribution in [0.4, 0.5) is 4.39 Å². The second-order valence-electron chi connectivity index (χ2n) is 4.57. The molecule has 7 heteroatoms. The van der Waals surface area contributed by atoms with E-state index in [1.165, 1.54) is 12.1 Å². The minimum Gasteiger partial charge on any atom is -0.444 e. The summed E-state index contributed by atoms with van der Waals surface area (Å²) in [6.45, 7) is 4.96. The molecule has 0 aliphatic carbocycles. The minimum atomic E-state index is -0.280. The molecule has 23 heavy (non-hydrogen) atoms. The van der Waals surface area contributed by atoms with Gasteiger partial charge in [0.15, 0.2) is 5.96 Å². The summed E-state index contributed by atoms with van der Waals surface area (Å²) >= 11 is 0. The van der Waals surface area contributed by atoms with Gasteiger partial charge in [0.1, 0.15) is 12.1 Å². The number of hydrogen-bond acceptors (Lipinski definition) is 3. The molecule has 1 heterocycles. The molecule has 0 amide bonds. The van der Waals surface area contributed by atoms with Gasteiger partial charge in [0.2, 0.25) is 5.89 Å². The first-order valence-electron chi connectivity index (χ1n) is 6.98. The molecule has 2 aromatic rings. The van der Waals surface area contributed by atoms with Gasteiger partial charge in [-0.3, -0.25) is 4.99 Å². The summed E-state index contributed by atoms with van der Waals surface area (Å²) in [6, 6.07) is 6.06. The Bertz CT molecular complexity index is 640. The first kappa shape index (κ1) is 19.1. The molecule has 0 radical (unpaired) electrons. The van der Waals surface area contributed by atoms with Crippen LogP contribution in [0.15, 0.2) is 52.6 Å². The minimum absolute atomic E-state index is 0. The van der Waals surface area contributed by atoms with Crippen LogP contribution in [0.25, 0.3) is 11.5 Å². The van der Waals surface area contributed by atoms with Crippen molar-refractivity contribution < 1.29 is 8.81 Å². The van der Waals surface area contributed by atoms with Crippen LogP contribution in [-0.2, 0) is 6.42 Å². The van der Waals surface area contributed by atoms with Crippen LogP contribution in [0, 0.1) is 5.82 Å². The zero-order valence-corrected chi connectivity index (χ0v) is 15.2. The van der Waals surface area contributed by atoms with E-state index in [9.17, 15) is 4.39 Å². The second-order valence-corrected chi connectivity index (χ2v) is 4.57. The standard InChI is InChI=1S/C16H19FN4O.HI/c1-3-9-19-16(18-2)20-10-8-14-11-22-15(21-14)12-4-6-13(17)7-5-12;/h3-7,11H,1,8-10H2,2H3,(H2,18,19,20);1H. The van der Waals surface area contributed by atoms with Crippen LogP contribution in [0.5, 0.6) is 0 Å². The molecule has 0 atom stereocenters. The van der Waals surface area contributed by atoms with Crippen LogP contribution in [0.2, 0.25) is 0 Å². The molecule has 0 saturated heterocycles. The Morgan fingerprint density at radius 2 is 2.09 bits per heavy atom. The van der Waals surface area contributed by atoms with Crippen molar-refractivity contribution >= 4 is 29.9 Å². The highest BCUT2D eigenvalue weighted by Crippen LogP contribution is 2.18. The van der Waals surface area contributed by atoms with Crippen molar-refractivity contribution in [3.63, 3.8) is 0 Å². The van der Waals surface area contributed by atoms with Gasteiger partial charge in [-0.15, -0.1) is 30.6 Å². The molecular formula is C16H20FIN4O. The van der Waals surface area contributed by atoms with Crippen molar-refractivity contribution in [2.24, 2.45) is 4.99 Å². The van der Waals surface area contributed by atoms with E-state index >= 15 is 0 Å². The molecule has 0 aliphatic rings. The highest BCUT2D eigenvalue weighted by Gasteiger charge is 2.07. The Balaban J connectivity index is 0.00000264. The van der Waals surface area contributed by atoms with Gasteiger partial charge in [-0.25, -0.2) is 9.37 Å². The van der Waals surface area contributed by atoms with Crippen molar-refractivity contribution in [1.82, 2.24) is 15.6 Å². The van der Waals surface area contributed by atoms with E-state index in [1.54, 1.807) is 31.5 Å². The Labute approximate surface area is 152 Å². The van der Waals surface area contributed by atoms with Gasteiger partial charge in [0.05, 0.1) is 5.69 Å². The van der Waals surface area contributed by atoms with Crippen molar-refractivity contribution in [3.8, 4) is 11.5 Å². The molecule has 0 fully saturated rings. The monoisotopic (exact) mass is 430 g/mol. The first-order valence-corrected chi connectivity index (χ1v) is 6.98. The third-order valence-corrected chi connectivity index (χ3v) is 2.95. The fraction of sp³-hybridized carbons (Fsp3) is 0.250. The quantitative estimate of drug-likeness (QED) is 0.320. The van der Waals surface area contributed by atoms with Crippen LogP contribution in [0.1, 0.15) is 5.69 Å². The van der Waals surface area contributed by atoms with E-state index in [1.807, 2.05) is 0 Å². The fourth-order valence-electron chi connectivity index (χ4n) is 1.85. The predicted octanol–water partition coefficient (Wildman–Crippen LogP) is 2.99. The van der Waals surface area contributed by atoms with Crippen molar-refractivity contribution in [3.05, 3.63) is 54.7 Å². The normalized spacial score (nSPS) is 10.8. The number of guanidine groups is 1. The number of oxazole rings is 1. The fourth-order valence-corrected chi connectivity index (χ4v) is 1.85. The predicted molar refractivity (Wildman–Crippen MR) is 101 cm³/mol. The highest BCUT2D eigenvalue weighted by molar-refractivity contribution is 14.0. The van der Waals surface area contributed by atoms with Gasteiger partial charge in [-0.2, -0.15) is 0 Å². The SMILES string of the molecule is C=CCNC(=NC)NCCc1coc(-c2ccc(F)cc2)n1.I. The number of halogens is 2. The molecule has 124 valence electrons. The van der Waals surface area contributed by atoms with E-state index in [2.05, 4.69) is 27.2 Å². The van der Waals surface area contributed by atoms with Gasteiger partial charge in [0.25, 0.3) is 0 Å². The summed E-state index contributed by atoms with van der Waals surface area (Å²) in [5.74, 6) is 0.921. The number of nitrogens with zero attached hydrogens (tertiary/aromatic N) is 2. The summed E-state index contributed by atoms with van der Waals surface area (Å²) in [6.07, 6.45) is 4.07. The lowest BCUT2D eigenvalue weighted by atomic mass is 10.2. The maximum absolute atomic E-state index is 12.9. The van der Waals surface area contributed by atoms with Gasteiger partial charge >= 0.3 is 0 Å². The number of aliphatic imine (C=N–C) groups is 1. The van der Waals surface area contributed by atoms with E-state index in [0.717, 1.165) is 11.3 Å². The lowest BCUT2D eigenvalue weighted by Gasteiger charge is -2.09. The molecule has 0 spiro atoms. The lowest BCUT2D eigenvalue weighted by molar-refractivity contribution is 0.571. The second kappa shape index (κ2) is 9.98. The Morgan fingerprint density at radius 1 is 1.35 bits per heavy atom. The molecule has 1 aromatic carbocycles. The van der Waals surface area contributed by atoms with Crippen LogP contribution >= 0.6 is 24.0 Å². The van der Waals surface area contributed by atoms with Crippen LogP contribution in [0.3, 0.4) is 0 Å². The smallest absolute Gasteiger partial charge is 0.226 e. The largest absolute Gasteiger partial charge is 0.444 e. The van der Waals surface area contributed by atoms with Crippen LogP contribution < -0.4 is 10.6 Å². The summed E-state index contributed by atoms with van der Waals surface area (Å²) in [5.41, 5.74) is 1.58. The maximum atomic E-state index is 12.9. The average molecular weight is 430 g/mol. The molecule has 1 aromatic heterocycles. The van der Waals surface area contributed by atoms with Crippen molar-refractivity contribution in [2.45, 2.75) is 6.42 Å². The number of nitrogens with one attached hydrogen (secondary N) is 2. The topological polar surface area (TPSA) is 62.5 Å². The number of rotatable bonds is 6. The van der Waals surface area contributed by atoms with E-state index in [4.69, 9.17) is 4.42 Å². The molecule has 0 saturated carbocycles. The maximum Gasteiger partial charge on any atom is 0.226 e. The van der Waals surface area contributed by atoms with Crippen LogP contribution in [-0.4, -0.2) is 31.1 Å². The molecule has 5 nitrogen and oxygen atoms in total. The molecule has 0 unspecified atom stereocenters. The molecular weight excluding hydrogens is 410 g/mol. The van der Waals surface area contributed by atoms with Crippen molar-refractivity contribution in [1.29, 1.82) is 0 Å². The van der Waals surface area contributed by atoms with E-state index < -0.39 is 0 Å². The summed E-state index contributed by atoms with van der Waals surface area (Å²) < 4.78 is 18.3. The Kier molecular flexibility index (Phi) is 8.31. The molecule has 0 aliphatic heterocycles. The third kappa shape index (κ3) is 6.01. The highest BCUT2D eigenvalue weighted by atomic mass is 127. The number of benzene rings is 1. The first-order chi connectivity index (χ1) is 10.7. The number of hydrogen-bond donors (Lipinski definition) is 2. The van der Waals surface area contributed by atoms with Gasteiger partial charge < -0.3 is 15.1 Å². The Hall–Kier alpha value is -1.90. The summed E-state index contributed by atoms with van der Waals surface area (Å²) in [7, 11) is 1.71. The molecule has 2 N–H and O–H groups in total. The summed E-state index contributed by atoms with van der Waals surface area (Å²) in [5, 5.41) is 6.25. The zero-order valence-electron chi connectivity index (χ0n) is 12.9.